The van der Waals surface area contributed by atoms with Crippen LogP contribution in [-0.4, -0.2) is 10.5 Å². The number of hydrogen-bond acceptors (Lipinski definition) is 2. The van der Waals surface area contributed by atoms with Gasteiger partial charge in [0.25, 0.3) is 0 Å². The summed E-state index contributed by atoms with van der Waals surface area (Å²) < 4.78 is 0. The average Bonchev–Trinajstić information content (AvgIpc) is 2.40. The van der Waals surface area contributed by atoms with Gasteiger partial charge < -0.3 is 0 Å². The van der Waals surface area contributed by atoms with Crippen LogP contribution in [0.3, 0.4) is 0 Å². The van der Waals surface area contributed by atoms with Crippen molar-refractivity contribution in [2.24, 2.45) is 5.41 Å². The molecule has 118 valence electrons. The predicted molar refractivity (Wildman–Crippen MR) is 86.3 cm³/mol. The van der Waals surface area contributed by atoms with Gasteiger partial charge in [-0.05, 0) is 36.5 Å². The highest BCUT2D eigenvalue weighted by Crippen LogP contribution is 2.30. The standard InChI is InChI=1S/C16H28Cl2O2/c1-3-4-5-6-7-8-9-10-11-12-13-16(2,14(17)19)15(18)20/h3-13H2,1-2H3. The second-order valence-corrected chi connectivity index (χ2v) is 6.50. The molecule has 0 aromatic carbocycles. The molecular formula is C16H28Cl2O2. The SMILES string of the molecule is CCCCCCCCCCCCC(C)(C(=O)Cl)C(=O)Cl. The Morgan fingerprint density at radius 3 is 1.45 bits per heavy atom. The molecule has 0 atom stereocenters. The zero-order valence-electron chi connectivity index (χ0n) is 12.9. The van der Waals surface area contributed by atoms with E-state index in [2.05, 4.69) is 6.92 Å². The van der Waals surface area contributed by atoms with Crippen LogP contribution in [0, 0.1) is 5.41 Å². The summed E-state index contributed by atoms with van der Waals surface area (Å²) in [5.74, 6) is 0. The van der Waals surface area contributed by atoms with Crippen molar-refractivity contribution >= 4 is 33.7 Å². The zero-order valence-corrected chi connectivity index (χ0v) is 14.4. The van der Waals surface area contributed by atoms with E-state index in [9.17, 15) is 9.59 Å². The molecule has 0 aliphatic carbocycles. The molecule has 0 radical (unpaired) electrons. The van der Waals surface area contributed by atoms with E-state index in [4.69, 9.17) is 23.2 Å². The van der Waals surface area contributed by atoms with Crippen molar-refractivity contribution in [2.75, 3.05) is 0 Å². The Balaban J connectivity index is 3.56. The van der Waals surface area contributed by atoms with Gasteiger partial charge in [-0.1, -0.05) is 71.1 Å². The molecule has 0 fully saturated rings. The van der Waals surface area contributed by atoms with E-state index in [0.29, 0.717) is 6.42 Å². The van der Waals surface area contributed by atoms with Crippen molar-refractivity contribution in [3.8, 4) is 0 Å². The van der Waals surface area contributed by atoms with Crippen LogP contribution in [0.2, 0.25) is 0 Å². The molecular weight excluding hydrogens is 295 g/mol. The van der Waals surface area contributed by atoms with Crippen molar-refractivity contribution in [3.05, 3.63) is 0 Å². The van der Waals surface area contributed by atoms with Crippen LogP contribution in [0.5, 0.6) is 0 Å². The Morgan fingerprint density at radius 2 is 1.10 bits per heavy atom. The van der Waals surface area contributed by atoms with E-state index < -0.39 is 15.9 Å². The molecule has 0 aromatic rings. The van der Waals surface area contributed by atoms with Crippen molar-refractivity contribution in [1.29, 1.82) is 0 Å². The van der Waals surface area contributed by atoms with Gasteiger partial charge in [-0.15, -0.1) is 0 Å². The van der Waals surface area contributed by atoms with Crippen LogP contribution < -0.4 is 0 Å². The Labute approximate surface area is 133 Å². The van der Waals surface area contributed by atoms with Crippen LogP contribution >= 0.6 is 23.2 Å². The van der Waals surface area contributed by atoms with Gasteiger partial charge in [-0.3, -0.25) is 9.59 Å². The number of hydrogen-bond donors (Lipinski definition) is 0. The summed E-state index contributed by atoms with van der Waals surface area (Å²) >= 11 is 10.9. The molecule has 0 spiro atoms. The van der Waals surface area contributed by atoms with Crippen molar-refractivity contribution < 1.29 is 9.59 Å². The molecule has 0 saturated carbocycles. The Kier molecular flexibility index (Phi) is 11.5. The molecule has 20 heavy (non-hydrogen) atoms. The van der Waals surface area contributed by atoms with E-state index in [1.807, 2.05) is 0 Å². The molecule has 4 heteroatoms. The quantitative estimate of drug-likeness (QED) is 0.242. The highest BCUT2D eigenvalue weighted by atomic mass is 35.5. The lowest BCUT2D eigenvalue weighted by molar-refractivity contribution is -0.130. The lowest BCUT2D eigenvalue weighted by Gasteiger charge is -2.20. The first kappa shape index (κ1) is 19.9. The molecule has 0 saturated heterocycles. The summed E-state index contributed by atoms with van der Waals surface area (Å²) in [7, 11) is 0. The smallest absolute Gasteiger partial charge is 0.236 e. The number of carbonyl (C=O) groups excluding carboxylic acids is 2. The van der Waals surface area contributed by atoms with E-state index >= 15 is 0 Å². The van der Waals surface area contributed by atoms with Crippen LogP contribution in [-0.2, 0) is 9.59 Å². The molecule has 0 rings (SSSR count). The molecule has 0 aromatic heterocycles. The van der Waals surface area contributed by atoms with Crippen LogP contribution in [0.25, 0.3) is 0 Å². The number of rotatable bonds is 13. The van der Waals surface area contributed by atoms with Gasteiger partial charge in [0.15, 0.2) is 0 Å². The highest BCUT2D eigenvalue weighted by Gasteiger charge is 2.38. The van der Waals surface area contributed by atoms with Gasteiger partial charge in [-0.25, -0.2) is 0 Å². The van der Waals surface area contributed by atoms with E-state index in [-0.39, 0.29) is 0 Å². The first-order valence-corrected chi connectivity index (χ1v) is 8.60. The number of halogens is 2. The second-order valence-electron chi connectivity index (χ2n) is 5.81. The highest BCUT2D eigenvalue weighted by molar-refractivity contribution is 6.74. The third-order valence-corrected chi connectivity index (χ3v) is 4.73. The van der Waals surface area contributed by atoms with Gasteiger partial charge in [0.05, 0.1) is 0 Å². The summed E-state index contributed by atoms with van der Waals surface area (Å²) in [5, 5.41) is -1.29. The summed E-state index contributed by atoms with van der Waals surface area (Å²) in [4.78, 5) is 22.5. The zero-order chi connectivity index (χ0) is 15.4. The minimum Gasteiger partial charge on any atom is -0.280 e. The molecule has 0 heterocycles. The fourth-order valence-electron chi connectivity index (χ4n) is 2.24. The van der Waals surface area contributed by atoms with Gasteiger partial charge in [0, 0.05) is 0 Å². The van der Waals surface area contributed by atoms with Gasteiger partial charge in [0.1, 0.15) is 5.41 Å². The minimum absolute atomic E-state index is 0.453. The third-order valence-electron chi connectivity index (χ3n) is 3.90. The minimum atomic E-state index is -1.21. The normalized spacial score (nSPS) is 11.6. The van der Waals surface area contributed by atoms with E-state index in [1.54, 1.807) is 0 Å². The fraction of sp³-hybridized carbons (Fsp3) is 0.875. The van der Waals surface area contributed by atoms with E-state index in [0.717, 1.165) is 19.3 Å². The Morgan fingerprint density at radius 1 is 0.750 bits per heavy atom. The topological polar surface area (TPSA) is 34.1 Å². The Hall–Kier alpha value is -0.0800. The number of unbranched alkanes of at least 4 members (excludes halogenated alkanes) is 9. The Bertz CT molecular complexity index is 276. The molecule has 0 aliphatic heterocycles. The maximum atomic E-state index is 11.3. The molecule has 0 aliphatic rings. The first-order valence-electron chi connectivity index (χ1n) is 7.85. The summed E-state index contributed by atoms with van der Waals surface area (Å²) in [6, 6.07) is 0. The molecule has 2 nitrogen and oxygen atoms in total. The molecule has 0 bridgehead atoms. The largest absolute Gasteiger partial charge is 0.280 e. The number of carbonyl (C=O) groups is 2. The van der Waals surface area contributed by atoms with Crippen LogP contribution in [0.4, 0.5) is 0 Å². The molecule has 0 N–H and O–H groups in total. The second kappa shape index (κ2) is 11.6. The predicted octanol–water partition coefficient (Wildman–Crippen LogP) is 5.83. The van der Waals surface area contributed by atoms with Gasteiger partial charge in [-0.2, -0.15) is 0 Å². The molecule has 0 amide bonds. The molecule has 0 unspecified atom stereocenters. The van der Waals surface area contributed by atoms with Crippen molar-refractivity contribution in [3.63, 3.8) is 0 Å². The maximum absolute atomic E-state index is 11.3. The lowest BCUT2D eigenvalue weighted by atomic mass is 9.87. The first-order chi connectivity index (χ1) is 9.45. The van der Waals surface area contributed by atoms with E-state index in [1.165, 1.54) is 51.9 Å². The fourth-order valence-corrected chi connectivity index (χ4v) is 2.65. The monoisotopic (exact) mass is 322 g/mol. The summed E-state index contributed by atoms with van der Waals surface area (Å²) in [5.41, 5.74) is -1.21. The summed E-state index contributed by atoms with van der Waals surface area (Å²) in [6.45, 7) is 3.76. The van der Waals surface area contributed by atoms with Crippen molar-refractivity contribution in [1.82, 2.24) is 0 Å². The third kappa shape index (κ3) is 8.26. The van der Waals surface area contributed by atoms with Crippen LogP contribution in [0.1, 0.15) is 84.5 Å². The maximum Gasteiger partial charge on any atom is 0.236 e. The van der Waals surface area contributed by atoms with Crippen molar-refractivity contribution in [2.45, 2.75) is 84.5 Å². The summed E-state index contributed by atoms with van der Waals surface area (Å²) in [6.07, 6.45) is 12.6. The van der Waals surface area contributed by atoms with Gasteiger partial charge >= 0.3 is 0 Å². The van der Waals surface area contributed by atoms with Crippen LogP contribution in [0.15, 0.2) is 0 Å². The average molecular weight is 323 g/mol. The lowest BCUT2D eigenvalue weighted by Crippen LogP contribution is -2.30. The van der Waals surface area contributed by atoms with Gasteiger partial charge in [0.2, 0.25) is 10.5 Å².